The molecule has 0 aromatic rings. The SMILES string of the molecule is CCC1(CC)CC(NCCCC(C)(C)C#N)CCO1. The lowest BCUT2D eigenvalue weighted by Gasteiger charge is -2.40. The van der Waals surface area contributed by atoms with E-state index in [1.54, 1.807) is 0 Å². The third kappa shape index (κ3) is 5.12. The third-order valence-electron chi connectivity index (χ3n) is 4.50. The Hall–Kier alpha value is -0.590. The second-order valence-electron chi connectivity index (χ2n) is 6.48. The lowest BCUT2D eigenvalue weighted by atomic mass is 9.85. The van der Waals surface area contributed by atoms with E-state index in [1.165, 1.54) is 0 Å². The third-order valence-corrected chi connectivity index (χ3v) is 4.50. The van der Waals surface area contributed by atoms with Gasteiger partial charge < -0.3 is 10.1 Å². The van der Waals surface area contributed by atoms with Crippen LogP contribution in [0.25, 0.3) is 0 Å². The van der Waals surface area contributed by atoms with Crippen LogP contribution in [-0.2, 0) is 4.74 Å². The Balaban J connectivity index is 2.28. The fraction of sp³-hybridized carbons (Fsp3) is 0.938. The molecule has 19 heavy (non-hydrogen) atoms. The summed E-state index contributed by atoms with van der Waals surface area (Å²) in [5, 5.41) is 12.6. The van der Waals surface area contributed by atoms with Gasteiger partial charge in [-0.05, 0) is 58.9 Å². The molecule has 1 unspecified atom stereocenters. The van der Waals surface area contributed by atoms with Gasteiger partial charge in [-0.1, -0.05) is 13.8 Å². The van der Waals surface area contributed by atoms with Gasteiger partial charge in [0, 0.05) is 12.6 Å². The van der Waals surface area contributed by atoms with Crippen LogP contribution in [0, 0.1) is 16.7 Å². The van der Waals surface area contributed by atoms with Crippen LogP contribution < -0.4 is 5.32 Å². The van der Waals surface area contributed by atoms with E-state index < -0.39 is 0 Å². The zero-order valence-electron chi connectivity index (χ0n) is 13.1. The van der Waals surface area contributed by atoms with Crippen LogP contribution in [0.15, 0.2) is 0 Å². The summed E-state index contributed by atoms with van der Waals surface area (Å²) in [5.74, 6) is 0. The molecule has 1 aliphatic rings. The predicted molar refractivity (Wildman–Crippen MR) is 78.9 cm³/mol. The molecule has 0 aromatic carbocycles. The zero-order valence-corrected chi connectivity index (χ0v) is 13.1. The van der Waals surface area contributed by atoms with Crippen molar-refractivity contribution in [3.63, 3.8) is 0 Å². The fourth-order valence-electron chi connectivity index (χ4n) is 2.84. The molecular weight excluding hydrogens is 236 g/mol. The minimum absolute atomic E-state index is 0.0990. The van der Waals surface area contributed by atoms with Gasteiger partial charge in [-0.25, -0.2) is 0 Å². The molecule has 1 rings (SSSR count). The second kappa shape index (κ2) is 7.26. The van der Waals surface area contributed by atoms with Crippen molar-refractivity contribution >= 4 is 0 Å². The zero-order chi connectivity index (χ0) is 14.4. The van der Waals surface area contributed by atoms with Crippen molar-refractivity contribution in [2.75, 3.05) is 13.2 Å². The lowest BCUT2D eigenvalue weighted by molar-refractivity contribution is -0.0930. The Morgan fingerprint density at radius 3 is 2.63 bits per heavy atom. The standard InChI is InChI=1S/C16H30N2O/c1-5-16(6-2)12-14(8-11-19-16)18-10-7-9-15(3,4)13-17/h14,18H,5-12H2,1-4H3. The van der Waals surface area contributed by atoms with Crippen molar-refractivity contribution < 1.29 is 4.74 Å². The fourth-order valence-corrected chi connectivity index (χ4v) is 2.84. The summed E-state index contributed by atoms with van der Waals surface area (Å²) < 4.78 is 5.99. The maximum atomic E-state index is 8.99. The highest BCUT2D eigenvalue weighted by Crippen LogP contribution is 2.31. The van der Waals surface area contributed by atoms with Crippen molar-refractivity contribution in [2.24, 2.45) is 5.41 Å². The number of hydrogen-bond acceptors (Lipinski definition) is 3. The molecule has 0 aromatic heterocycles. The number of nitrogens with one attached hydrogen (secondary N) is 1. The van der Waals surface area contributed by atoms with Crippen LogP contribution in [0.1, 0.15) is 66.2 Å². The van der Waals surface area contributed by atoms with E-state index >= 15 is 0 Å². The first-order chi connectivity index (χ1) is 8.97. The highest BCUT2D eigenvalue weighted by Gasteiger charge is 2.34. The van der Waals surface area contributed by atoms with Gasteiger partial charge in [0.2, 0.25) is 0 Å². The average Bonchev–Trinajstić information content (AvgIpc) is 2.44. The molecule has 1 N–H and O–H groups in total. The highest BCUT2D eigenvalue weighted by molar-refractivity contribution is 4.92. The molecule has 0 bridgehead atoms. The normalized spacial score (nSPS) is 23.0. The van der Waals surface area contributed by atoms with Gasteiger partial charge in [-0.2, -0.15) is 5.26 Å². The first kappa shape index (κ1) is 16.5. The van der Waals surface area contributed by atoms with E-state index in [0.717, 1.165) is 51.7 Å². The number of rotatable bonds is 7. The monoisotopic (exact) mass is 266 g/mol. The molecule has 0 spiro atoms. The van der Waals surface area contributed by atoms with Crippen LogP contribution in [0.5, 0.6) is 0 Å². The summed E-state index contributed by atoms with van der Waals surface area (Å²) in [6.07, 6.45) is 6.48. The minimum Gasteiger partial charge on any atom is -0.375 e. The summed E-state index contributed by atoms with van der Waals surface area (Å²) in [4.78, 5) is 0. The molecule has 3 heteroatoms. The molecule has 110 valence electrons. The van der Waals surface area contributed by atoms with E-state index in [2.05, 4.69) is 25.2 Å². The average molecular weight is 266 g/mol. The van der Waals surface area contributed by atoms with Crippen molar-refractivity contribution in [3.05, 3.63) is 0 Å². The largest absolute Gasteiger partial charge is 0.375 e. The first-order valence-corrected chi connectivity index (χ1v) is 7.75. The number of ether oxygens (including phenoxy) is 1. The van der Waals surface area contributed by atoms with Crippen LogP contribution >= 0.6 is 0 Å². The molecule has 1 aliphatic heterocycles. The van der Waals surface area contributed by atoms with Crippen LogP contribution in [0.2, 0.25) is 0 Å². The van der Waals surface area contributed by atoms with Crippen LogP contribution in [0.4, 0.5) is 0 Å². The molecule has 1 atom stereocenters. The van der Waals surface area contributed by atoms with Crippen molar-refractivity contribution in [3.8, 4) is 6.07 Å². The summed E-state index contributed by atoms with van der Waals surface area (Å²) in [5.41, 5.74) is -0.0875. The Morgan fingerprint density at radius 1 is 1.37 bits per heavy atom. The molecule has 1 saturated heterocycles. The van der Waals surface area contributed by atoms with Crippen LogP contribution in [-0.4, -0.2) is 24.8 Å². The quantitative estimate of drug-likeness (QED) is 0.715. The van der Waals surface area contributed by atoms with Gasteiger partial charge in [0.25, 0.3) is 0 Å². The first-order valence-electron chi connectivity index (χ1n) is 7.75. The smallest absolute Gasteiger partial charge is 0.0692 e. The van der Waals surface area contributed by atoms with Gasteiger partial charge in [-0.15, -0.1) is 0 Å². The van der Waals surface area contributed by atoms with Crippen LogP contribution in [0.3, 0.4) is 0 Å². The molecule has 0 aliphatic carbocycles. The van der Waals surface area contributed by atoms with Gasteiger partial charge in [-0.3, -0.25) is 0 Å². The lowest BCUT2D eigenvalue weighted by Crippen LogP contribution is -2.46. The Labute approximate surface area is 118 Å². The number of nitrogens with zero attached hydrogens (tertiary/aromatic N) is 1. The Bertz CT molecular complexity index is 302. The molecular formula is C16H30N2O. The predicted octanol–water partition coefficient (Wildman–Crippen LogP) is 3.64. The molecule has 3 nitrogen and oxygen atoms in total. The van der Waals surface area contributed by atoms with E-state index in [-0.39, 0.29) is 11.0 Å². The highest BCUT2D eigenvalue weighted by atomic mass is 16.5. The Kier molecular flexibility index (Phi) is 6.29. The summed E-state index contributed by atoms with van der Waals surface area (Å²) in [6.45, 7) is 10.4. The maximum absolute atomic E-state index is 8.99. The second-order valence-corrected chi connectivity index (χ2v) is 6.48. The summed E-state index contributed by atoms with van der Waals surface area (Å²) in [6, 6.07) is 2.95. The topological polar surface area (TPSA) is 45.0 Å². The summed E-state index contributed by atoms with van der Waals surface area (Å²) in [7, 11) is 0. The van der Waals surface area contributed by atoms with Gasteiger partial charge >= 0.3 is 0 Å². The molecule has 0 radical (unpaired) electrons. The van der Waals surface area contributed by atoms with Gasteiger partial charge in [0.15, 0.2) is 0 Å². The van der Waals surface area contributed by atoms with Gasteiger partial charge in [0.1, 0.15) is 0 Å². The summed E-state index contributed by atoms with van der Waals surface area (Å²) >= 11 is 0. The molecule has 0 saturated carbocycles. The van der Waals surface area contributed by atoms with E-state index in [4.69, 9.17) is 10.00 Å². The molecule has 1 fully saturated rings. The Morgan fingerprint density at radius 2 is 2.05 bits per heavy atom. The van der Waals surface area contributed by atoms with Crippen molar-refractivity contribution in [1.82, 2.24) is 5.32 Å². The molecule has 0 amide bonds. The van der Waals surface area contributed by atoms with E-state index in [9.17, 15) is 0 Å². The molecule has 1 heterocycles. The number of nitriles is 1. The maximum Gasteiger partial charge on any atom is 0.0692 e. The van der Waals surface area contributed by atoms with E-state index in [1.807, 2.05) is 13.8 Å². The van der Waals surface area contributed by atoms with Crippen molar-refractivity contribution in [1.29, 1.82) is 5.26 Å². The van der Waals surface area contributed by atoms with Gasteiger partial charge in [0.05, 0.1) is 17.1 Å². The van der Waals surface area contributed by atoms with E-state index in [0.29, 0.717) is 6.04 Å². The minimum atomic E-state index is -0.187. The number of hydrogen-bond donors (Lipinski definition) is 1. The van der Waals surface area contributed by atoms with Crippen molar-refractivity contribution in [2.45, 2.75) is 77.9 Å².